The van der Waals surface area contributed by atoms with Gasteiger partial charge < -0.3 is 10.3 Å². The Hall–Kier alpha value is -1.65. The van der Waals surface area contributed by atoms with Gasteiger partial charge in [0.15, 0.2) is 11.4 Å². The number of nitrogens with one attached hydrogen (secondary N) is 2. The van der Waals surface area contributed by atoms with Crippen LogP contribution in [0.1, 0.15) is 18.2 Å². The quantitative estimate of drug-likeness (QED) is 0.678. The van der Waals surface area contributed by atoms with Crippen LogP contribution in [0.4, 0.5) is 4.39 Å². The van der Waals surface area contributed by atoms with E-state index < -0.39 is 11.4 Å². The summed E-state index contributed by atoms with van der Waals surface area (Å²) >= 11 is 0. The lowest BCUT2D eigenvalue weighted by Crippen LogP contribution is -2.25. The molecule has 1 aromatic rings. The summed E-state index contributed by atoms with van der Waals surface area (Å²) < 4.78 is 12.7. The van der Waals surface area contributed by atoms with E-state index in [1.807, 2.05) is 0 Å². The zero-order valence-corrected chi connectivity index (χ0v) is 7.98. The van der Waals surface area contributed by atoms with Crippen molar-refractivity contribution >= 4 is 5.91 Å². The maximum absolute atomic E-state index is 12.7. The van der Waals surface area contributed by atoms with E-state index in [0.717, 1.165) is 6.07 Å². The third-order valence-electron chi connectivity index (χ3n) is 1.83. The Morgan fingerprint density at radius 3 is 2.79 bits per heavy atom. The molecular weight excluding hydrogens is 187 g/mol. The molecule has 0 aliphatic carbocycles. The summed E-state index contributed by atoms with van der Waals surface area (Å²) in [6.07, 6.45) is 0. The lowest BCUT2D eigenvalue weighted by Gasteiger charge is -2.05. The van der Waals surface area contributed by atoms with Crippen LogP contribution in [0.15, 0.2) is 10.9 Å². The summed E-state index contributed by atoms with van der Waals surface area (Å²) in [5, 5.41) is 2.48. The van der Waals surface area contributed by atoms with Crippen molar-refractivity contribution < 1.29 is 9.18 Å². The summed E-state index contributed by atoms with van der Waals surface area (Å²) in [5.74, 6) is -0.896. The van der Waals surface area contributed by atoms with E-state index in [2.05, 4.69) is 10.3 Å². The van der Waals surface area contributed by atoms with Crippen LogP contribution in [0, 0.1) is 12.9 Å². The zero-order valence-electron chi connectivity index (χ0n) is 7.98. The molecule has 0 aromatic carbocycles. The van der Waals surface area contributed by atoms with Crippen LogP contribution >= 0.6 is 0 Å². The van der Waals surface area contributed by atoms with Crippen LogP contribution in [0.3, 0.4) is 0 Å². The number of aryl methyl sites for hydroxylation is 1. The molecule has 0 spiro atoms. The van der Waals surface area contributed by atoms with Crippen molar-refractivity contribution in [2.24, 2.45) is 0 Å². The van der Waals surface area contributed by atoms with E-state index in [1.165, 1.54) is 6.92 Å². The standard InChI is InChI=1S/C9H11FN2O2/c1-5-7(4-11-6(2)13)8(14)3-9(10)12-5/h3H,4H2,1-2H3,(H,11,13)(H,12,14). The normalized spacial score (nSPS) is 9.93. The van der Waals surface area contributed by atoms with Gasteiger partial charge in [-0.3, -0.25) is 9.59 Å². The highest BCUT2D eigenvalue weighted by atomic mass is 19.1. The monoisotopic (exact) mass is 198 g/mol. The van der Waals surface area contributed by atoms with E-state index in [0.29, 0.717) is 11.3 Å². The second-order valence-corrected chi connectivity index (χ2v) is 2.99. The lowest BCUT2D eigenvalue weighted by molar-refractivity contribution is -0.119. The molecule has 0 saturated heterocycles. The first-order chi connectivity index (χ1) is 6.50. The van der Waals surface area contributed by atoms with Gasteiger partial charge in [0, 0.05) is 30.8 Å². The van der Waals surface area contributed by atoms with Gasteiger partial charge in [-0.2, -0.15) is 4.39 Å². The number of halogens is 1. The minimum Gasteiger partial charge on any atom is -0.352 e. The Labute approximate surface area is 80.1 Å². The van der Waals surface area contributed by atoms with Gasteiger partial charge in [-0.05, 0) is 6.92 Å². The minimum atomic E-state index is -0.668. The molecule has 1 rings (SSSR count). The third kappa shape index (κ3) is 2.42. The Balaban J connectivity index is 2.97. The second-order valence-electron chi connectivity index (χ2n) is 2.99. The second kappa shape index (κ2) is 4.04. The summed E-state index contributed by atoms with van der Waals surface area (Å²) in [7, 11) is 0. The van der Waals surface area contributed by atoms with E-state index >= 15 is 0 Å². The number of carbonyl (C=O) groups is 1. The third-order valence-corrected chi connectivity index (χ3v) is 1.83. The van der Waals surface area contributed by atoms with Gasteiger partial charge in [0.1, 0.15) is 0 Å². The fourth-order valence-electron chi connectivity index (χ4n) is 1.11. The highest BCUT2D eigenvalue weighted by molar-refractivity contribution is 5.72. The van der Waals surface area contributed by atoms with E-state index in [9.17, 15) is 14.0 Å². The van der Waals surface area contributed by atoms with Crippen LogP contribution in [0.25, 0.3) is 0 Å². The van der Waals surface area contributed by atoms with Crippen molar-refractivity contribution in [3.8, 4) is 0 Å². The number of aromatic amines is 1. The first kappa shape index (κ1) is 10.4. The van der Waals surface area contributed by atoms with Crippen LogP contribution < -0.4 is 10.7 Å². The number of hydrogen-bond acceptors (Lipinski definition) is 2. The topological polar surface area (TPSA) is 62.0 Å². The molecular formula is C9H11FN2O2. The van der Waals surface area contributed by atoms with E-state index in [1.54, 1.807) is 6.92 Å². The van der Waals surface area contributed by atoms with E-state index in [-0.39, 0.29) is 12.5 Å². The molecule has 0 fully saturated rings. The molecule has 0 aliphatic rings. The van der Waals surface area contributed by atoms with Gasteiger partial charge in [0.05, 0.1) is 0 Å². The highest BCUT2D eigenvalue weighted by Gasteiger charge is 2.06. The summed E-state index contributed by atoms with van der Waals surface area (Å²) in [6, 6.07) is 0.865. The first-order valence-electron chi connectivity index (χ1n) is 4.13. The summed E-state index contributed by atoms with van der Waals surface area (Å²) in [6.45, 7) is 3.06. The van der Waals surface area contributed by atoms with Crippen molar-refractivity contribution in [1.82, 2.24) is 10.3 Å². The molecule has 0 saturated carbocycles. The molecule has 5 heteroatoms. The lowest BCUT2D eigenvalue weighted by atomic mass is 10.2. The Morgan fingerprint density at radius 1 is 1.64 bits per heavy atom. The maximum Gasteiger partial charge on any atom is 0.217 e. The van der Waals surface area contributed by atoms with Crippen molar-refractivity contribution in [2.75, 3.05) is 0 Å². The van der Waals surface area contributed by atoms with Gasteiger partial charge in [-0.15, -0.1) is 0 Å². The molecule has 14 heavy (non-hydrogen) atoms. The first-order valence-corrected chi connectivity index (χ1v) is 4.13. The number of H-pyrrole nitrogens is 1. The SMILES string of the molecule is CC(=O)NCc1c(C)[nH]c(F)cc1=O. The molecule has 2 N–H and O–H groups in total. The number of pyridine rings is 1. The Bertz CT molecular complexity index is 412. The molecule has 1 heterocycles. The smallest absolute Gasteiger partial charge is 0.217 e. The molecule has 4 nitrogen and oxygen atoms in total. The molecule has 76 valence electrons. The number of rotatable bonds is 2. The van der Waals surface area contributed by atoms with Gasteiger partial charge in [0.25, 0.3) is 0 Å². The molecule has 0 bridgehead atoms. The number of amides is 1. The molecule has 1 amide bonds. The maximum atomic E-state index is 12.7. The predicted molar refractivity (Wildman–Crippen MR) is 49.3 cm³/mol. The highest BCUT2D eigenvalue weighted by Crippen LogP contribution is 1.99. The van der Waals surface area contributed by atoms with Crippen molar-refractivity contribution in [3.63, 3.8) is 0 Å². The average molecular weight is 198 g/mol. The van der Waals surface area contributed by atoms with Gasteiger partial charge in [-0.1, -0.05) is 0 Å². The molecule has 0 unspecified atom stereocenters. The average Bonchev–Trinajstić information content (AvgIpc) is 2.01. The van der Waals surface area contributed by atoms with Crippen LogP contribution in [-0.4, -0.2) is 10.9 Å². The van der Waals surface area contributed by atoms with Crippen LogP contribution in [-0.2, 0) is 11.3 Å². The molecule has 0 radical (unpaired) electrons. The summed E-state index contributed by atoms with van der Waals surface area (Å²) in [4.78, 5) is 24.3. The summed E-state index contributed by atoms with van der Waals surface area (Å²) in [5.41, 5.74) is 0.401. The fourth-order valence-corrected chi connectivity index (χ4v) is 1.11. The van der Waals surface area contributed by atoms with Crippen LogP contribution in [0.2, 0.25) is 0 Å². The van der Waals surface area contributed by atoms with E-state index in [4.69, 9.17) is 0 Å². The largest absolute Gasteiger partial charge is 0.352 e. The predicted octanol–water partition coefficient (Wildman–Crippen LogP) is 0.459. The van der Waals surface area contributed by atoms with Crippen molar-refractivity contribution in [3.05, 3.63) is 33.5 Å². The van der Waals surface area contributed by atoms with Crippen LogP contribution in [0.5, 0.6) is 0 Å². The number of hydrogen-bond donors (Lipinski definition) is 2. The van der Waals surface area contributed by atoms with Gasteiger partial charge >= 0.3 is 0 Å². The number of carbonyl (C=O) groups excluding carboxylic acids is 1. The minimum absolute atomic E-state index is 0.122. The van der Waals surface area contributed by atoms with Crippen molar-refractivity contribution in [2.45, 2.75) is 20.4 Å². The zero-order chi connectivity index (χ0) is 10.7. The molecule has 0 atom stereocenters. The Kier molecular flexibility index (Phi) is 3.01. The van der Waals surface area contributed by atoms with Crippen molar-refractivity contribution in [1.29, 1.82) is 0 Å². The molecule has 0 aliphatic heterocycles. The van der Waals surface area contributed by atoms with Gasteiger partial charge in [-0.25, -0.2) is 0 Å². The molecule has 1 aromatic heterocycles. The fraction of sp³-hybridized carbons (Fsp3) is 0.333. The number of aromatic nitrogens is 1. The Morgan fingerprint density at radius 2 is 2.29 bits per heavy atom. The van der Waals surface area contributed by atoms with Gasteiger partial charge in [0.2, 0.25) is 5.91 Å².